The molecule has 0 fully saturated rings. The highest BCUT2D eigenvalue weighted by Gasteiger charge is 2.02. The second kappa shape index (κ2) is 3.94. The van der Waals surface area contributed by atoms with Crippen LogP contribution in [0.15, 0.2) is 30.5 Å². The van der Waals surface area contributed by atoms with Gasteiger partial charge < -0.3 is 0 Å². The van der Waals surface area contributed by atoms with Crippen LogP contribution in [0.5, 0.6) is 0 Å². The standard InChI is InChI=1S/C9H5ClINS/c10-7-3-1-2-6(4-7)9-12-5-8(11)13-9/h1-5H. The zero-order chi connectivity index (χ0) is 9.26. The van der Waals surface area contributed by atoms with E-state index in [-0.39, 0.29) is 0 Å². The summed E-state index contributed by atoms with van der Waals surface area (Å²) in [5, 5.41) is 1.77. The molecule has 0 saturated carbocycles. The zero-order valence-electron chi connectivity index (χ0n) is 6.50. The Labute approximate surface area is 98.9 Å². The van der Waals surface area contributed by atoms with Crippen molar-refractivity contribution in [1.29, 1.82) is 0 Å². The molecule has 2 rings (SSSR count). The Bertz CT molecular complexity index is 427. The molecule has 2 aromatic rings. The molecule has 13 heavy (non-hydrogen) atoms. The maximum absolute atomic E-state index is 5.88. The zero-order valence-corrected chi connectivity index (χ0v) is 10.2. The predicted octanol–water partition coefficient (Wildman–Crippen LogP) is 4.07. The highest BCUT2D eigenvalue weighted by atomic mass is 127. The molecule has 0 atom stereocenters. The monoisotopic (exact) mass is 321 g/mol. The van der Waals surface area contributed by atoms with Gasteiger partial charge in [-0.05, 0) is 34.7 Å². The van der Waals surface area contributed by atoms with E-state index in [1.54, 1.807) is 11.3 Å². The van der Waals surface area contributed by atoms with Crippen molar-refractivity contribution in [2.45, 2.75) is 0 Å². The molecule has 66 valence electrons. The summed E-state index contributed by atoms with van der Waals surface area (Å²) in [7, 11) is 0. The topological polar surface area (TPSA) is 12.9 Å². The first-order valence-corrected chi connectivity index (χ1v) is 5.90. The van der Waals surface area contributed by atoms with Crippen LogP contribution in [0.3, 0.4) is 0 Å². The lowest BCUT2D eigenvalue weighted by Gasteiger charge is -1.95. The molecule has 1 heterocycles. The molecule has 4 heteroatoms. The number of hydrogen-bond acceptors (Lipinski definition) is 2. The van der Waals surface area contributed by atoms with Crippen LogP contribution in [-0.4, -0.2) is 4.98 Å². The van der Waals surface area contributed by atoms with E-state index in [0.717, 1.165) is 15.6 Å². The van der Waals surface area contributed by atoms with Crippen molar-refractivity contribution >= 4 is 45.5 Å². The van der Waals surface area contributed by atoms with E-state index in [1.807, 2.05) is 30.5 Å². The van der Waals surface area contributed by atoms with E-state index in [2.05, 4.69) is 27.6 Å². The number of nitrogens with zero attached hydrogens (tertiary/aromatic N) is 1. The molecule has 1 aromatic heterocycles. The summed E-state index contributed by atoms with van der Waals surface area (Å²) in [6.45, 7) is 0. The first kappa shape index (κ1) is 9.43. The second-order valence-electron chi connectivity index (χ2n) is 2.48. The van der Waals surface area contributed by atoms with Gasteiger partial charge in [0.05, 0.1) is 9.08 Å². The fourth-order valence-corrected chi connectivity index (χ4v) is 2.61. The average molecular weight is 322 g/mol. The summed E-state index contributed by atoms with van der Waals surface area (Å²) in [6.07, 6.45) is 1.86. The molecule has 0 aliphatic heterocycles. The fourth-order valence-electron chi connectivity index (χ4n) is 1.01. The van der Waals surface area contributed by atoms with Gasteiger partial charge >= 0.3 is 0 Å². The van der Waals surface area contributed by atoms with E-state index in [0.29, 0.717) is 0 Å². The van der Waals surface area contributed by atoms with Crippen molar-refractivity contribution < 1.29 is 0 Å². The van der Waals surface area contributed by atoms with Crippen LogP contribution in [0.1, 0.15) is 0 Å². The number of hydrogen-bond donors (Lipinski definition) is 0. The Kier molecular flexibility index (Phi) is 2.86. The van der Waals surface area contributed by atoms with Crippen molar-refractivity contribution in [2.24, 2.45) is 0 Å². The maximum atomic E-state index is 5.88. The van der Waals surface area contributed by atoms with Gasteiger partial charge in [0.25, 0.3) is 0 Å². The summed E-state index contributed by atoms with van der Waals surface area (Å²) in [4.78, 5) is 4.28. The summed E-state index contributed by atoms with van der Waals surface area (Å²) in [6, 6.07) is 7.74. The molecular formula is C9H5ClINS. The van der Waals surface area contributed by atoms with Gasteiger partial charge in [-0.1, -0.05) is 23.7 Å². The Morgan fingerprint density at radius 2 is 2.23 bits per heavy atom. The van der Waals surface area contributed by atoms with Crippen LogP contribution in [0, 0.1) is 2.88 Å². The van der Waals surface area contributed by atoms with Gasteiger partial charge in [0.1, 0.15) is 5.01 Å². The minimum atomic E-state index is 0.753. The van der Waals surface area contributed by atoms with Crippen LogP contribution in [0.4, 0.5) is 0 Å². The van der Waals surface area contributed by atoms with Crippen molar-refractivity contribution in [3.8, 4) is 10.6 Å². The Balaban J connectivity index is 2.46. The van der Waals surface area contributed by atoms with Gasteiger partial charge in [0, 0.05) is 10.6 Å². The van der Waals surface area contributed by atoms with Crippen LogP contribution in [-0.2, 0) is 0 Å². The van der Waals surface area contributed by atoms with Gasteiger partial charge in [-0.3, -0.25) is 0 Å². The van der Waals surface area contributed by atoms with Crippen LogP contribution >= 0.6 is 45.5 Å². The molecule has 0 amide bonds. The van der Waals surface area contributed by atoms with E-state index < -0.39 is 0 Å². The lowest BCUT2D eigenvalue weighted by molar-refractivity contribution is 1.40. The van der Waals surface area contributed by atoms with E-state index in [9.17, 15) is 0 Å². The quantitative estimate of drug-likeness (QED) is 0.722. The fraction of sp³-hybridized carbons (Fsp3) is 0. The predicted molar refractivity (Wildman–Crippen MR) is 65.3 cm³/mol. The normalized spacial score (nSPS) is 10.3. The minimum Gasteiger partial charge on any atom is -0.243 e. The smallest absolute Gasteiger partial charge is 0.124 e. The first-order valence-electron chi connectivity index (χ1n) is 3.63. The third-order valence-corrected chi connectivity index (χ3v) is 3.56. The first-order chi connectivity index (χ1) is 6.25. The molecule has 0 aliphatic rings. The van der Waals surface area contributed by atoms with Crippen molar-refractivity contribution in [3.63, 3.8) is 0 Å². The lowest BCUT2D eigenvalue weighted by Crippen LogP contribution is -1.73. The molecule has 0 N–H and O–H groups in total. The van der Waals surface area contributed by atoms with E-state index in [4.69, 9.17) is 11.6 Å². The van der Waals surface area contributed by atoms with Gasteiger partial charge in [-0.2, -0.15) is 0 Å². The van der Waals surface area contributed by atoms with Crippen LogP contribution in [0.2, 0.25) is 5.02 Å². The highest BCUT2D eigenvalue weighted by Crippen LogP contribution is 2.27. The highest BCUT2D eigenvalue weighted by molar-refractivity contribution is 14.1. The second-order valence-corrected chi connectivity index (χ2v) is 5.84. The number of thiazole rings is 1. The third-order valence-electron chi connectivity index (χ3n) is 1.55. The Morgan fingerprint density at radius 1 is 1.38 bits per heavy atom. The minimum absolute atomic E-state index is 0.753. The molecule has 1 aromatic carbocycles. The van der Waals surface area contributed by atoms with Gasteiger partial charge in [-0.15, -0.1) is 11.3 Å². The van der Waals surface area contributed by atoms with Crippen molar-refractivity contribution in [3.05, 3.63) is 38.4 Å². The van der Waals surface area contributed by atoms with Gasteiger partial charge in [0.15, 0.2) is 0 Å². The number of benzene rings is 1. The molecular weight excluding hydrogens is 317 g/mol. The molecule has 0 unspecified atom stereocenters. The Morgan fingerprint density at radius 3 is 2.85 bits per heavy atom. The number of halogens is 2. The van der Waals surface area contributed by atoms with Crippen molar-refractivity contribution in [2.75, 3.05) is 0 Å². The van der Waals surface area contributed by atoms with Crippen LogP contribution in [0.25, 0.3) is 10.6 Å². The summed E-state index contributed by atoms with van der Waals surface area (Å²) >= 11 is 9.80. The Hall–Kier alpha value is -0.130. The maximum Gasteiger partial charge on any atom is 0.124 e. The van der Waals surface area contributed by atoms with Gasteiger partial charge in [0.2, 0.25) is 0 Å². The molecule has 0 radical (unpaired) electrons. The van der Waals surface area contributed by atoms with E-state index in [1.165, 1.54) is 2.88 Å². The average Bonchev–Trinajstić information content (AvgIpc) is 2.52. The molecule has 0 spiro atoms. The number of rotatable bonds is 1. The largest absolute Gasteiger partial charge is 0.243 e. The SMILES string of the molecule is Clc1cccc(-c2ncc(I)s2)c1. The lowest BCUT2D eigenvalue weighted by atomic mass is 10.2. The number of aromatic nitrogens is 1. The van der Waals surface area contributed by atoms with Gasteiger partial charge in [-0.25, -0.2) is 4.98 Å². The summed E-state index contributed by atoms with van der Waals surface area (Å²) < 4.78 is 1.19. The molecule has 1 nitrogen and oxygen atoms in total. The van der Waals surface area contributed by atoms with E-state index >= 15 is 0 Å². The molecule has 0 bridgehead atoms. The van der Waals surface area contributed by atoms with Crippen molar-refractivity contribution in [1.82, 2.24) is 4.98 Å². The third kappa shape index (κ3) is 2.21. The molecule has 0 saturated heterocycles. The summed E-state index contributed by atoms with van der Waals surface area (Å²) in [5.74, 6) is 0. The van der Waals surface area contributed by atoms with Crippen LogP contribution < -0.4 is 0 Å². The summed E-state index contributed by atoms with van der Waals surface area (Å²) in [5.41, 5.74) is 1.08. The molecule has 0 aliphatic carbocycles.